The zero-order chi connectivity index (χ0) is 21.4. The minimum absolute atomic E-state index is 0.209. The first-order chi connectivity index (χ1) is 15.1. The van der Waals surface area contributed by atoms with Gasteiger partial charge in [0.2, 0.25) is 0 Å². The van der Waals surface area contributed by atoms with E-state index in [1.165, 1.54) is 11.3 Å². The third-order valence-electron chi connectivity index (χ3n) is 4.82. The number of benzene rings is 2. The van der Waals surface area contributed by atoms with Gasteiger partial charge in [-0.2, -0.15) is 0 Å². The summed E-state index contributed by atoms with van der Waals surface area (Å²) in [5.41, 5.74) is 2.19. The highest BCUT2D eigenvalue weighted by Crippen LogP contribution is 2.34. The van der Waals surface area contributed by atoms with Crippen molar-refractivity contribution in [3.05, 3.63) is 83.3 Å². The zero-order valence-electron chi connectivity index (χ0n) is 16.4. The van der Waals surface area contributed by atoms with Gasteiger partial charge in [0.15, 0.2) is 22.2 Å². The number of halogens is 1. The molecule has 0 unspecified atom stereocenters. The SMILES string of the molecule is COc1cccc2cc(C(=O)N(Cc3cccnc3)c3nc4ccc(Cl)cc4s3)oc12. The highest BCUT2D eigenvalue weighted by atomic mass is 35.5. The Morgan fingerprint density at radius 1 is 1.19 bits per heavy atom. The van der Waals surface area contributed by atoms with E-state index in [0.717, 1.165) is 21.2 Å². The molecule has 0 fully saturated rings. The average molecular weight is 450 g/mol. The van der Waals surface area contributed by atoms with Crippen LogP contribution in [0.1, 0.15) is 16.1 Å². The Kier molecular flexibility index (Phi) is 5.05. The summed E-state index contributed by atoms with van der Waals surface area (Å²) in [6, 6.07) is 16.5. The van der Waals surface area contributed by atoms with E-state index in [1.54, 1.807) is 42.6 Å². The first kappa shape index (κ1) is 19.5. The fourth-order valence-corrected chi connectivity index (χ4v) is 4.58. The molecule has 5 rings (SSSR count). The highest BCUT2D eigenvalue weighted by molar-refractivity contribution is 7.22. The molecule has 31 heavy (non-hydrogen) atoms. The van der Waals surface area contributed by atoms with Crippen molar-refractivity contribution in [1.29, 1.82) is 0 Å². The molecule has 0 saturated carbocycles. The Morgan fingerprint density at radius 2 is 2.10 bits per heavy atom. The van der Waals surface area contributed by atoms with Crippen molar-refractivity contribution in [2.75, 3.05) is 12.0 Å². The third kappa shape index (κ3) is 3.73. The Bertz CT molecular complexity index is 1400. The second-order valence-corrected chi connectivity index (χ2v) is 8.30. The predicted molar refractivity (Wildman–Crippen MR) is 122 cm³/mol. The summed E-state index contributed by atoms with van der Waals surface area (Å²) < 4.78 is 12.2. The number of amides is 1. The van der Waals surface area contributed by atoms with Gasteiger partial charge in [0.05, 0.1) is 23.9 Å². The van der Waals surface area contributed by atoms with E-state index in [2.05, 4.69) is 9.97 Å². The number of carbonyl (C=O) groups excluding carboxylic acids is 1. The van der Waals surface area contributed by atoms with E-state index in [0.29, 0.717) is 28.0 Å². The molecule has 0 aliphatic rings. The van der Waals surface area contributed by atoms with Crippen LogP contribution >= 0.6 is 22.9 Å². The lowest BCUT2D eigenvalue weighted by molar-refractivity contribution is 0.0960. The van der Waals surface area contributed by atoms with Crippen LogP contribution < -0.4 is 9.64 Å². The summed E-state index contributed by atoms with van der Waals surface area (Å²) >= 11 is 7.53. The van der Waals surface area contributed by atoms with E-state index in [-0.39, 0.29) is 11.7 Å². The largest absolute Gasteiger partial charge is 0.493 e. The third-order valence-corrected chi connectivity index (χ3v) is 6.09. The second-order valence-electron chi connectivity index (χ2n) is 6.85. The number of para-hydroxylation sites is 1. The van der Waals surface area contributed by atoms with Crippen LogP contribution in [0.4, 0.5) is 5.13 Å². The van der Waals surface area contributed by atoms with Crippen molar-refractivity contribution < 1.29 is 13.9 Å². The van der Waals surface area contributed by atoms with Gasteiger partial charge in [-0.15, -0.1) is 0 Å². The molecule has 6 nitrogen and oxygen atoms in total. The fourth-order valence-electron chi connectivity index (χ4n) is 3.34. The van der Waals surface area contributed by atoms with E-state index in [4.69, 9.17) is 20.8 Å². The minimum Gasteiger partial charge on any atom is -0.493 e. The summed E-state index contributed by atoms with van der Waals surface area (Å²) in [6.45, 7) is 0.300. The number of hydrogen-bond donors (Lipinski definition) is 0. The van der Waals surface area contributed by atoms with Crippen LogP contribution in [0.5, 0.6) is 5.75 Å². The number of furan rings is 1. The van der Waals surface area contributed by atoms with Crippen LogP contribution in [-0.4, -0.2) is 23.0 Å². The molecule has 0 N–H and O–H groups in total. The number of methoxy groups -OCH3 is 1. The van der Waals surface area contributed by atoms with Crippen molar-refractivity contribution in [2.24, 2.45) is 0 Å². The summed E-state index contributed by atoms with van der Waals surface area (Å²) in [6.07, 6.45) is 3.42. The van der Waals surface area contributed by atoms with E-state index in [1.807, 2.05) is 36.4 Å². The Hall–Kier alpha value is -3.42. The van der Waals surface area contributed by atoms with Crippen LogP contribution in [0.25, 0.3) is 21.2 Å². The molecular formula is C23H16ClN3O3S. The van der Waals surface area contributed by atoms with Crippen LogP contribution in [0.15, 0.2) is 71.4 Å². The highest BCUT2D eigenvalue weighted by Gasteiger charge is 2.25. The number of nitrogens with zero attached hydrogens (tertiary/aromatic N) is 3. The summed E-state index contributed by atoms with van der Waals surface area (Å²) in [5, 5.41) is 1.97. The number of rotatable bonds is 5. The van der Waals surface area contributed by atoms with Gasteiger partial charge in [0, 0.05) is 22.8 Å². The van der Waals surface area contributed by atoms with Gasteiger partial charge in [-0.3, -0.25) is 14.7 Å². The Balaban J connectivity index is 1.60. The molecule has 1 amide bonds. The summed E-state index contributed by atoms with van der Waals surface area (Å²) in [5.74, 6) is 0.484. The molecule has 0 radical (unpaired) electrons. The van der Waals surface area contributed by atoms with Gasteiger partial charge in [-0.25, -0.2) is 4.98 Å². The normalized spacial score (nSPS) is 11.2. The number of aromatic nitrogens is 2. The van der Waals surface area contributed by atoms with E-state index in [9.17, 15) is 4.79 Å². The van der Waals surface area contributed by atoms with Crippen LogP contribution in [0.3, 0.4) is 0 Å². The molecule has 154 valence electrons. The topological polar surface area (TPSA) is 68.5 Å². The lowest BCUT2D eigenvalue weighted by Crippen LogP contribution is -2.30. The number of hydrogen-bond acceptors (Lipinski definition) is 6. The zero-order valence-corrected chi connectivity index (χ0v) is 18.0. The number of fused-ring (bicyclic) bond motifs is 2. The molecule has 0 saturated heterocycles. The molecule has 0 bridgehead atoms. The monoisotopic (exact) mass is 449 g/mol. The minimum atomic E-state index is -0.299. The molecule has 3 aromatic heterocycles. The quantitative estimate of drug-likeness (QED) is 0.332. The van der Waals surface area contributed by atoms with Gasteiger partial charge in [-0.1, -0.05) is 41.1 Å². The molecule has 8 heteroatoms. The maximum atomic E-state index is 13.6. The molecule has 0 atom stereocenters. The van der Waals surface area contributed by atoms with Crippen molar-refractivity contribution in [2.45, 2.75) is 6.54 Å². The smallest absolute Gasteiger partial charge is 0.296 e. The molecule has 5 aromatic rings. The molecule has 2 aromatic carbocycles. The number of ether oxygens (including phenoxy) is 1. The average Bonchev–Trinajstić information content (AvgIpc) is 3.41. The van der Waals surface area contributed by atoms with Crippen LogP contribution in [-0.2, 0) is 6.54 Å². The van der Waals surface area contributed by atoms with E-state index >= 15 is 0 Å². The van der Waals surface area contributed by atoms with Crippen molar-refractivity contribution in [3.63, 3.8) is 0 Å². The standard InChI is InChI=1S/C23H16ClN3O3S/c1-29-18-6-2-5-15-10-19(30-21(15)18)22(28)27(13-14-4-3-9-25-12-14)23-26-17-8-7-16(24)11-20(17)31-23/h2-12H,13H2,1H3. The maximum absolute atomic E-state index is 13.6. The molecular weight excluding hydrogens is 434 g/mol. The first-order valence-corrected chi connectivity index (χ1v) is 10.7. The molecule has 3 heterocycles. The van der Waals surface area contributed by atoms with Crippen LogP contribution in [0, 0.1) is 0 Å². The summed E-state index contributed by atoms with van der Waals surface area (Å²) in [7, 11) is 1.57. The second kappa shape index (κ2) is 8.02. The molecule has 0 aliphatic carbocycles. The van der Waals surface area contributed by atoms with Crippen molar-refractivity contribution in [1.82, 2.24) is 9.97 Å². The van der Waals surface area contributed by atoms with E-state index < -0.39 is 0 Å². The first-order valence-electron chi connectivity index (χ1n) is 9.46. The van der Waals surface area contributed by atoms with Crippen molar-refractivity contribution >= 4 is 55.2 Å². The number of carbonyl (C=O) groups is 1. The van der Waals surface area contributed by atoms with Gasteiger partial charge >= 0.3 is 0 Å². The van der Waals surface area contributed by atoms with Crippen molar-refractivity contribution in [3.8, 4) is 5.75 Å². The van der Waals surface area contributed by atoms with Crippen LogP contribution in [0.2, 0.25) is 5.02 Å². The summed E-state index contributed by atoms with van der Waals surface area (Å²) in [4.78, 5) is 24.0. The Labute approximate surface area is 186 Å². The van der Waals surface area contributed by atoms with Gasteiger partial charge < -0.3 is 9.15 Å². The molecule has 0 spiro atoms. The number of pyridine rings is 1. The Morgan fingerprint density at radius 3 is 2.90 bits per heavy atom. The number of anilines is 1. The van der Waals surface area contributed by atoms with Gasteiger partial charge in [0.25, 0.3) is 5.91 Å². The van der Waals surface area contributed by atoms with Gasteiger partial charge in [0.1, 0.15) is 0 Å². The van der Waals surface area contributed by atoms with Gasteiger partial charge in [-0.05, 0) is 42.0 Å². The predicted octanol–water partition coefficient (Wildman–Crippen LogP) is 5.95. The number of thiazole rings is 1. The fraction of sp³-hybridized carbons (Fsp3) is 0.0870. The lowest BCUT2D eigenvalue weighted by atomic mass is 10.2. The molecule has 0 aliphatic heterocycles. The lowest BCUT2D eigenvalue weighted by Gasteiger charge is -2.18. The maximum Gasteiger partial charge on any atom is 0.296 e.